The highest BCUT2D eigenvalue weighted by Crippen LogP contribution is 2.31. The van der Waals surface area contributed by atoms with E-state index in [0.717, 1.165) is 30.1 Å². The number of hydrogen-bond acceptors (Lipinski definition) is 4. The molecule has 1 aliphatic heterocycles. The summed E-state index contributed by atoms with van der Waals surface area (Å²) < 4.78 is 6.09. The van der Waals surface area contributed by atoms with Gasteiger partial charge in [0.25, 0.3) is 0 Å². The van der Waals surface area contributed by atoms with Gasteiger partial charge in [0.2, 0.25) is 0 Å². The highest BCUT2D eigenvalue weighted by atomic mass is 35.5. The first kappa shape index (κ1) is 18.1. The summed E-state index contributed by atoms with van der Waals surface area (Å²) in [7, 11) is 8.22. The number of ether oxygens (including phenoxy) is 1. The standard InChI is InChI=1S/C19H23BClN3O/c1-13-9-16(20)19(22-11-13)23-17-10-15(21)3-4-18(17)25-12-14-5-7-24(2)8-6-14/h3-4,9-11,14H,5-8,12H2,1-2H3,(H,22,23). The van der Waals surface area contributed by atoms with Crippen molar-refractivity contribution in [3.8, 4) is 5.75 Å². The third-order valence-electron chi connectivity index (χ3n) is 4.56. The molecule has 1 fully saturated rings. The van der Waals surface area contributed by atoms with Gasteiger partial charge in [-0.05, 0) is 69.6 Å². The smallest absolute Gasteiger partial charge is 0.142 e. The first-order valence-electron chi connectivity index (χ1n) is 8.61. The summed E-state index contributed by atoms with van der Waals surface area (Å²) in [5.41, 5.74) is 2.40. The Labute approximate surface area is 156 Å². The minimum Gasteiger partial charge on any atom is -0.491 e. The predicted molar refractivity (Wildman–Crippen MR) is 105 cm³/mol. The van der Waals surface area contributed by atoms with Crippen LogP contribution in [0.1, 0.15) is 18.4 Å². The van der Waals surface area contributed by atoms with Gasteiger partial charge < -0.3 is 15.0 Å². The Bertz CT molecular complexity index is 733. The topological polar surface area (TPSA) is 37.4 Å². The molecule has 130 valence electrons. The molecule has 2 heterocycles. The Morgan fingerprint density at radius 3 is 2.80 bits per heavy atom. The van der Waals surface area contributed by atoms with E-state index >= 15 is 0 Å². The Balaban J connectivity index is 1.71. The number of pyridine rings is 1. The minimum absolute atomic E-state index is 0.585. The van der Waals surface area contributed by atoms with E-state index in [1.54, 1.807) is 6.20 Å². The van der Waals surface area contributed by atoms with E-state index < -0.39 is 0 Å². The van der Waals surface area contributed by atoms with E-state index in [1.807, 2.05) is 31.2 Å². The molecule has 0 atom stereocenters. The summed E-state index contributed by atoms with van der Waals surface area (Å²) >= 11 is 6.16. The van der Waals surface area contributed by atoms with Crippen molar-refractivity contribution in [3.05, 3.63) is 41.0 Å². The summed E-state index contributed by atoms with van der Waals surface area (Å²) in [6, 6.07) is 7.46. The summed E-state index contributed by atoms with van der Waals surface area (Å²) in [4.78, 5) is 6.72. The van der Waals surface area contributed by atoms with Crippen LogP contribution in [0.3, 0.4) is 0 Å². The van der Waals surface area contributed by atoms with E-state index in [4.69, 9.17) is 24.2 Å². The van der Waals surface area contributed by atoms with Crippen molar-refractivity contribution in [1.82, 2.24) is 9.88 Å². The molecule has 0 unspecified atom stereocenters. The van der Waals surface area contributed by atoms with E-state index in [0.29, 0.717) is 28.8 Å². The summed E-state index contributed by atoms with van der Waals surface area (Å²) in [5, 5.41) is 3.89. The average Bonchev–Trinajstić information content (AvgIpc) is 2.58. The van der Waals surface area contributed by atoms with Gasteiger partial charge in [0, 0.05) is 11.2 Å². The Hall–Kier alpha value is -1.72. The van der Waals surface area contributed by atoms with Gasteiger partial charge in [-0.1, -0.05) is 23.1 Å². The van der Waals surface area contributed by atoms with Crippen molar-refractivity contribution >= 4 is 36.4 Å². The molecule has 2 radical (unpaired) electrons. The van der Waals surface area contributed by atoms with Crippen molar-refractivity contribution in [2.75, 3.05) is 32.1 Å². The van der Waals surface area contributed by atoms with Crippen LogP contribution in [-0.4, -0.2) is 44.5 Å². The first-order valence-corrected chi connectivity index (χ1v) is 8.99. The number of nitrogens with one attached hydrogen (secondary N) is 1. The molecular formula is C19H23BClN3O. The molecule has 0 amide bonds. The molecule has 0 saturated carbocycles. The van der Waals surface area contributed by atoms with Crippen molar-refractivity contribution in [1.29, 1.82) is 0 Å². The van der Waals surface area contributed by atoms with Crippen LogP contribution in [0.5, 0.6) is 5.75 Å². The van der Waals surface area contributed by atoms with Crippen molar-refractivity contribution < 1.29 is 4.74 Å². The fourth-order valence-corrected chi connectivity index (χ4v) is 3.16. The van der Waals surface area contributed by atoms with Gasteiger partial charge in [-0.25, -0.2) is 4.98 Å². The normalized spacial score (nSPS) is 16.0. The van der Waals surface area contributed by atoms with Gasteiger partial charge in [0.15, 0.2) is 0 Å². The van der Waals surface area contributed by atoms with E-state index in [9.17, 15) is 0 Å². The molecule has 1 N–H and O–H groups in total. The summed E-state index contributed by atoms with van der Waals surface area (Å²) in [6.07, 6.45) is 4.11. The van der Waals surface area contributed by atoms with Gasteiger partial charge in [-0.2, -0.15) is 0 Å². The fourth-order valence-electron chi connectivity index (χ4n) is 2.99. The molecule has 25 heavy (non-hydrogen) atoms. The lowest BCUT2D eigenvalue weighted by Crippen LogP contribution is -2.32. The maximum atomic E-state index is 6.16. The fraction of sp³-hybridized carbons (Fsp3) is 0.421. The van der Waals surface area contributed by atoms with Crippen LogP contribution in [0.15, 0.2) is 30.5 Å². The number of halogens is 1. The number of aromatic nitrogens is 1. The molecule has 6 heteroatoms. The molecule has 0 aliphatic carbocycles. The molecule has 1 aliphatic rings. The minimum atomic E-state index is 0.585. The second-order valence-electron chi connectivity index (χ2n) is 6.77. The quantitative estimate of drug-likeness (QED) is 0.835. The molecule has 4 nitrogen and oxygen atoms in total. The van der Waals surface area contributed by atoms with E-state index in [2.05, 4.69) is 22.2 Å². The highest BCUT2D eigenvalue weighted by molar-refractivity contribution is 6.35. The molecule has 1 aromatic heterocycles. The van der Waals surface area contributed by atoms with Crippen molar-refractivity contribution in [2.45, 2.75) is 19.8 Å². The van der Waals surface area contributed by atoms with Crippen LogP contribution >= 0.6 is 11.6 Å². The number of aryl methyl sites for hydroxylation is 1. The summed E-state index contributed by atoms with van der Waals surface area (Å²) in [5.74, 6) is 1.96. The maximum Gasteiger partial charge on any atom is 0.142 e. The molecule has 0 bridgehead atoms. The zero-order valence-electron chi connectivity index (χ0n) is 14.8. The van der Waals surface area contributed by atoms with E-state index in [1.165, 1.54) is 12.8 Å². The zero-order chi connectivity index (χ0) is 17.8. The first-order chi connectivity index (χ1) is 12.0. The molecule has 1 saturated heterocycles. The number of nitrogens with zero attached hydrogens (tertiary/aromatic N) is 2. The molecule has 1 aromatic carbocycles. The lowest BCUT2D eigenvalue weighted by Gasteiger charge is -2.29. The maximum absolute atomic E-state index is 6.16. The predicted octanol–water partition coefficient (Wildman–Crippen LogP) is 3.30. The van der Waals surface area contributed by atoms with Crippen LogP contribution in [-0.2, 0) is 0 Å². The molecular weight excluding hydrogens is 332 g/mol. The number of likely N-dealkylation sites (tertiary alicyclic amines) is 1. The van der Waals surface area contributed by atoms with Crippen LogP contribution < -0.4 is 15.5 Å². The number of anilines is 2. The van der Waals surface area contributed by atoms with Crippen molar-refractivity contribution in [3.63, 3.8) is 0 Å². The van der Waals surface area contributed by atoms with Crippen LogP contribution in [0.4, 0.5) is 11.5 Å². The van der Waals surface area contributed by atoms with Crippen molar-refractivity contribution in [2.24, 2.45) is 5.92 Å². The monoisotopic (exact) mass is 355 g/mol. The third-order valence-corrected chi connectivity index (χ3v) is 4.80. The lowest BCUT2D eigenvalue weighted by molar-refractivity contribution is 0.160. The lowest BCUT2D eigenvalue weighted by atomic mass is 9.95. The van der Waals surface area contributed by atoms with Gasteiger partial charge in [-0.3, -0.25) is 0 Å². The van der Waals surface area contributed by atoms with Gasteiger partial charge in [0.05, 0.1) is 12.3 Å². The number of hydrogen-bond donors (Lipinski definition) is 1. The zero-order valence-corrected chi connectivity index (χ0v) is 15.5. The molecule has 2 aromatic rings. The SMILES string of the molecule is [B]c1cc(C)cnc1Nc1cc(Cl)ccc1OCC1CCN(C)CC1. The van der Waals surface area contributed by atoms with Gasteiger partial charge >= 0.3 is 0 Å². The Morgan fingerprint density at radius 1 is 1.32 bits per heavy atom. The molecule has 3 rings (SSSR count). The Morgan fingerprint density at radius 2 is 2.08 bits per heavy atom. The second kappa shape index (κ2) is 8.11. The van der Waals surface area contributed by atoms with Gasteiger partial charge in [0.1, 0.15) is 19.4 Å². The van der Waals surface area contributed by atoms with Crippen LogP contribution in [0.2, 0.25) is 5.02 Å². The van der Waals surface area contributed by atoms with E-state index in [-0.39, 0.29) is 0 Å². The second-order valence-corrected chi connectivity index (χ2v) is 7.21. The summed E-state index contributed by atoms with van der Waals surface area (Å²) in [6.45, 7) is 4.93. The third kappa shape index (κ3) is 4.89. The number of rotatable bonds is 5. The van der Waals surface area contributed by atoms with Crippen LogP contribution in [0, 0.1) is 12.8 Å². The van der Waals surface area contributed by atoms with Crippen LogP contribution in [0.25, 0.3) is 0 Å². The number of piperidine rings is 1. The Kier molecular flexibility index (Phi) is 5.87. The van der Waals surface area contributed by atoms with Gasteiger partial charge in [-0.15, -0.1) is 0 Å². The highest BCUT2D eigenvalue weighted by Gasteiger charge is 2.18. The number of benzene rings is 1. The average molecular weight is 356 g/mol. The largest absolute Gasteiger partial charge is 0.491 e. The molecule has 0 spiro atoms.